The lowest BCUT2D eigenvalue weighted by molar-refractivity contribution is 0.625. The van der Waals surface area contributed by atoms with Crippen molar-refractivity contribution in [2.75, 3.05) is 5.73 Å². The molecule has 14 heavy (non-hydrogen) atoms. The minimum atomic E-state index is -0.336. The molecule has 0 spiro atoms. The zero-order valence-corrected chi connectivity index (χ0v) is 8.61. The van der Waals surface area contributed by atoms with Crippen LogP contribution in [0.1, 0.15) is 0 Å². The topological polar surface area (TPSA) is 51.8 Å². The molecular formula is C8H6FN3S2. The van der Waals surface area contributed by atoms with Gasteiger partial charge in [0, 0.05) is 10.6 Å². The van der Waals surface area contributed by atoms with Gasteiger partial charge in [-0.2, -0.15) is 4.37 Å². The quantitative estimate of drug-likeness (QED) is 0.800. The molecule has 2 rings (SSSR count). The largest absolute Gasteiger partial charge is 0.399 e. The van der Waals surface area contributed by atoms with Gasteiger partial charge in [-0.1, -0.05) is 11.8 Å². The number of halogens is 1. The summed E-state index contributed by atoms with van der Waals surface area (Å²) in [6.07, 6.45) is 1.47. The van der Waals surface area contributed by atoms with E-state index in [9.17, 15) is 4.39 Å². The van der Waals surface area contributed by atoms with Crippen molar-refractivity contribution >= 4 is 29.0 Å². The molecule has 0 fully saturated rings. The predicted molar refractivity (Wildman–Crippen MR) is 54.8 cm³/mol. The Morgan fingerprint density at radius 1 is 1.36 bits per heavy atom. The number of anilines is 1. The monoisotopic (exact) mass is 227 g/mol. The smallest absolute Gasteiger partial charge is 0.174 e. The first-order chi connectivity index (χ1) is 6.74. The van der Waals surface area contributed by atoms with E-state index >= 15 is 0 Å². The minimum Gasteiger partial charge on any atom is -0.399 e. The van der Waals surface area contributed by atoms with E-state index in [1.54, 1.807) is 6.07 Å². The minimum absolute atomic E-state index is 0.336. The molecule has 0 radical (unpaired) electrons. The van der Waals surface area contributed by atoms with E-state index in [1.807, 2.05) is 0 Å². The maximum Gasteiger partial charge on any atom is 0.174 e. The molecule has 6 heteroatoms. The molecule has 0 saturated carbocycles. The average Bonchev–Trinajstić information content (AvgIpc) is 2.54. The van der Waals surface area contributed by atoms with Crippen molar-refractivity contribution in [3.05, 3.63) is 30.3 Å². The summed E-state index contributed by atoms with van der Waals surface area (Å²) in [5, 5.41) is 0. The Bertz CT molecular complexity index is 410. The van der Waals surface area contributed by atoms with Crippen LogP contribution in [0.5, 0.6) is 0 Å². The van der Waals surface area contributed by atoms with Crippen LogP contribution in [0.2, 0.25) is 0 Å². The highest BCUT2D eigenvalue weighted by Crippen LogP contribution is 2.29. The van der Waals surface area contributed by atoms with Crippen LogP contribution in [0.25, 0.3) is 0 Å². The van der Waals surface area contributed by atoms with Gasteiger partial charge in [0.1, 0.15) is 12.1 Å². The molecule has 72 valence electrons. The van der Waals surface area contributed by atoms with Crippen LogP contribution in [-0.4, -0.2) is 9.36 Å². The lowest BCUT2D eigenvalue weighted by Crippen LogP contribution is -1.86. The van der Waals surface area contributed by atoms with Gasteiger partial charge in [0.25, 0.3) is 0 Å². The SMILES string of the molecule is Nc1cc(F)cc(Sc2ncns2)c1. The fraction of sp³-hybridized carbons (Fsp3) is 0. The summed E-state index contributed by atoms with van der Waals surface area (Å²) in [6.45, 7) is 0. The van der Waals surface area contributed by atoms with Crippen LogP contribution in [0.4, 0.5) is 10.1 Å². The van der Waals surface area contributed by atoms with Crippen molar-refractivity contribution < 1.29 is 4.39 Å². The van der Waals surface area contributed by atoms with Gasteiger partial charge in [-0.15, -0.1) is 0 Å². The average molecular weight is 227 g/mol. The molecule has 3 nitrogen and oxygen atoms in total. The molecule has 0 saturated heterocycles. The standard InChI is InChI=1S/C8H6FN3S2/c9-5-1-6(10)3-7(2-5)13-8-11-4-12-14-8/h1-4H,10H2. The highest BCUT2D eigenvalue weighted by atomic mass is 32.2. The van der Waals surface area contributed by atoms with Gasteiger partial charge >= 0.3 is 0 Å². The molecule has 1 aromatic heterocycles. The molecule has 0 aliphatic carbocycles. The maximum atomic E-state index is 12.9. The number of nitrogen functional groups attached to an aromatic ring is 1. The van der Waals surface area contributed by atoms with E-state index < -0.39 is 0 Å². The number of nitrogens with zero attached hydrogens (tertiary/aromatic N) is 2. The number of nitrogens with two attached hydrogens (primary N) is 1. The highest BCUT2D eigenvalue weighted by Gasteiger charge is 2.03. The van der Waals surface area contributed by atoms with Gasteiger partial charge in [-0.05, 0) is 29.7 Å². The second kappa shape index (κ2) is 3.93. The fourth-order valence-corrected chi connectivity index (χ4v) is 2.47. The van der Waals surface area contributed by atoms with E-state index in [0.29, 0.717) is 5.69 Å². The summed E-state index contributed by atoms with van der Waals surface area (Å²) in [5.41, 5.74) is 5.92. The van der Waals surface area contributed by atoms with Crippen molar-refractivity contribution in [1.82, 2.24) is 9.36 Å². The van der Waals surface area contributed by atoms with Crippen LogP contribution < -0.4 is 5.73 Å². The van der Waals surface area contributed by atoms with E-state index in [4.69, 9.17) is 5.73 Å². The lowest BCUT2D eigenvalue weighted by atomic mass is 10.3. The first-order valence-electron chi connectivity index (χ1n) is 3.74. The third-order valence-corrected chi connectivity index (χ3v) is 3.13. The number of aromatic nitrogens is 2. The van der Waals surface area contributed by atoms with E-state index in [0.717, 1.165) is 9.24 Å². The van der Waals surface area contributed by atoms with Crippen molar-refractivity contribution in [3.63, 3.8) is 0 Å². The maximum absolute atomic E-state index is 12.9. The number of benzene rings is 1. The molecule has 1 aromatic carbocycles. The van der Waals surface area contributed by atoms with Crippen molar-refractivity contribution in [1.29, 1.82) is 0 Å². The van der Waals surface area contributed by atoms with Crippen molar-refractivity contribution in [3.8, 4) is 0 Å². The summed E-state index contributed by atoms with van der Waals surface area (Å²) < 4.78 is 17.6. The molecule has 0 aliphatic rings. The molecule has 0 amide bonds. The summed E-state index contributed by atoms with van der Waals surface area (Å²) in [4.78, 5) is 4.71. The Kier molecular flexibility index (Phi) is 2.64. The zero-order chi connectivity index (χ0) is 9.97. The van der Waals surface area contributed by atoms with Crippen LogP contribution in [0, 0.1) is 5.82 Å². The fourth-order valence-electron chi connectivity index (χ4n) is 0.952. The van der Waals surface area contributed by atoms with E-state index in [2.05, 4.69) is 9.36 Å². The summed E-state index contributed by atoms with van der Waals surface area (Å²) >= 11 is 2.62. The second-order valence-electron chi connectivity index (χ2n) is 2.53. The van der Waals surface area contributed by atoms with Gasteiger partial charge in [-0.25, -0.2) is 9.37 Å². The molecule has 2 N–H and O–H groups in total. The van der Waals surface area contributed by atoms with Crippen LogP contribution in [0.3, 0.4) is 0 Å². The Hall–Kier alpha value is -1.14. The Balaban J connectivity index is 2.25. The summed E-state index contributed by atoms with van der Waals surface area (Å²) in [7, 11) is 0. The number of hydrogen-bond acceptors (Lipinski definition) is 5. The zero-order valence-electron chi connectivity index (χ0n) is 6.98. The Morgan fingerprint density at radius 3 is 2.86 bits per heavy atom. The normalized spacial score (nSPS) is 10.4. The van der Waals surface area contributed by atoms with Crippen molar-refractivity contribution in [2.45, 2.75) is 9.24 Å². The number of hydrogen-bond donors (Lipinski definition) is 1. The second-order valence-corrected chi connectivity index (χ2v) is 4.63. The third kappa shape index (κ3) is 2.21. The first-order valence-corrected chi connectivity index (χ1v) is 5.33. The first kappa shape index (κ1) is 9.42. The molecule has 1 heterocycles. The van der Waals surface area contributed by atoms with Gasteiger partial charge in [0.05, 0.1) is 0 Å². The van der Waals surface area contributed by atoms with Crippen LogP contribution >= 0.6 is 23.3 Å². The Labute approximate surface area is 88.3 Å². The van der Waals surface area contributed by atoms with Gasteiger partial charge in [0.2, 0.25) is 0 Å². The Morgan fingerprint density at radius 2 is 2.21 bits per heavy atom. The summed E-state index contributed by atoms with van der Waals surface area (Å²) in [5.74, 6) is -0.336. The molecule has 0 bridgehead atoms. The molecule has 0 unspecified atom stereocenters. The van der Waals surface area contributed by atoms with Crippen LogP contribution in [0.15, 0.2) is 33.8 Å². The van der Waals surface area contributed by atoms with Gasteiger partial charge in [0.15, 0.2) is 4.34 Å². The molecular weight excluding hydrogens is 221 g/mol. The summed E-state index contributed by atoms with van der Waals surface area (Å²) in [6, 6.07) is 4.40. The molecule has 0 aliphatic heterocycles. The van der Waals surface area contributed by atoms with Crippen LogP contribution in [-0.2, 0) is 0 Å². The van der Waals surface area contributed by atoms with E-state index in [1.165, 1.54) is 41.8 Å². The molecule has 0 atom stereocenters. The number of rotatable bonds is 2. The third-order valence-electron chi connectivity index (χ3n) is 1.44. The van der Waals surface area contributed by atoms with Crippen molar-refractivity contribution in [2.24, 2.45) is 0 Å². The predicted octanol–water partition coefficient (Wildman–Crippen LogP) is 2.41. The van der Waals surface area contributed by atoms with Gasteiger partial charge < -0.3 is 5.73 Å². The van der Waals surface area contributed by atoms with Gasteiger partial charge in [-0.3, -0.25) is 0 Å². The lowest BCUT2D eigenvalue weighted by Gasteiger charge is -1.99. The molecule has 2 aromatic rings. The van der Waals surface area contributed by atoms with E-state index in [-0.39, 0.29) is 5.82 Å². The highest BCUT2D eigenvalue weighted by molar-refractivity contribution is 8.01.